The molecule has 11 nitrogen and oxygen atoms in total. The molecule has 0 spiro atoms. The van der Waals surface area contributed by atoms with Gasteiger partial charge in [0.1, 0.15) is 0 Å². The van der Waals surface area contributed by atoms with Crippen LogP contribution in [0.5, 0.6) is 11.5 Å². The summed E-state index contributed by atoms with van der Waals surface area (Å²) in [7, 11) is 0. The van der Waals surface area contributed by atoms with E-state index in [1.807, 2.05) is 18.7 Å². The third-order valence-electron chi connectivity index (χ3n) is 5.07. The second kappa shape index (κ2) is 9.31. The van der Waals surface area contributed by atoms with E-state index in [9.17, 15) is 9.59 Å². The number of carbonyl (C=O) groups excluding carboxylic acids is 2. The zero-order valence-corrected chi connectivity index (χ0v) is 17.6. The normalized spacial score (nSPS) is 16.5. The number of carbonyl (C=O) groups is 2. The first kappa shape index (κ1) is 21.1. The molecule has 0 saturated carbocycles. The van der Waals surface area contributed by atoms with E-state index in [0.717, 1.165) is 13.1 Å². The summed E-state index contributed by atoms with van der Waals surface area (Å²) in [6.07, 6.45) is 0. The minimum atomic E-state index is -0.583. The van der Waals surface area contributed by atoms with Crippen LogP contribution in [-0.2, 0) is 11.3 Å². The van der Waals surface area contributed by atoms with Crippen molar-refractivity contribution < 1.29 is 23.6 Å². The molecule has 0 unspecified atom stereocenters. The van der Waals surface area contributed by atoms with Crippen molar-refractivity contribution in [2.75, 3.05) is 44.8 Å². The van der Waals surface area contributed by atoms with Crippen molar-refractivity contribution in [3.8, 4) is 11.5 Å². The minimum Gasteiger partial charge on any atom is -0.454 e. The third-order valence-corrected chi connectivity index (χ3v) is 5.07. The van der Waals surface area contributed by atoms with E-state index in [2.05, 4.69) is 25.7 Å². The predicted octanol–water partition coefficient (Wildman–Crippen LogP) is 1.39. The van der Waals surface area contributed by atoms with Crippen molar-refractivity contribution in [2.45, 2.75) is 26.3 Å². The van der Waals surface area contributed by atoms with Gasteiger partial charge in [0.25, 0.3) is 0 Å². The van der Waals surface area contributed by atoms with Crippen LogP contribution in [0, 0.1) is 0 Å². The van der Waals surface area contributed by atoms with Crippen LogP contribution in [0.15, 0.2) is 22.7 Å². The number of fused-ring (bicyclic) bond motifs is 1. The molecule has 2 N–H and O–H groups in total. The summed E-state index contributed by atoms with van der Waals surface area (Å²) in [4.78, 5) is 33.0. The molecule has 3 amide bonds. The molecule has 2 aromatic rings. The number of urea groups is 1. The number of aromatic nitrogens is 2. The lowest BCUT2D eigenvalue weighted by atomic mass is 10.2. The van der Waals surface area contributed by atoms with E-state index in [0.29, 0.717) is 48.5 Å². The molecule has 0 atom stereocenters. The molecule has 2 aliphatic heterocycles. The Bertz CT molecular complexity index is 938. The first-order valence-electron chi connectivity index (χ1n) is 10.2. The summed E-state index contributed by atoms with van der Waals surface area (Å²) in [5.41, 5.74) is 0.518. The Balaban J connectivity index is 1.18. The average Bonchev–Trinajstić information content (AvgIpc) is 3.38. The first-order chi connectivity index (χ1) is 15.0. The van der Waals surface area contributed by atoms with E-state index in [1.165, 1.54) is 0 Å². The highest BCUT2D eigenvalue weighted by Gasteiger charge is 2.22. The summed E-state index contributed by atoms with van der Waals surface area (Å²) in [5, 5.41) is 8.97. The van der Waals surface area contributed by atoms with E-state index >= 15 is 0 Å². The summed E-state index contributed by atoms with van der Waals surface area (Å²) in [6, 6.07) is 4.46. The minimum absolute atomic E-state index is 0.153. The summed E-state index contributed by atoms with van der Waals surface area (Å²) < 4.78 is 15.8. The Morgan fingerprint density at radius 3 is 2.58 bits per heavy atom. The average molecular weight is 430 g/mol. The van der Waals surface area contributed by atoms with Crippen molar-refractivity contribution in [1.29, 1.82) is 0 Å². The van der Waals surface area contributed by atoms with Gasteiger partial charge in [-0.15, -0.1) is 0 Å². The zero-order valence-electron chi connectivity index (χ0n) is 17.6. The zero-order chi connectivity index (χ0) is 21.8. The van der Waals surface area contributed by atoms with Gasteiger partial charge in [-0.1, -0.05) is 19.0 Å². The molecule has 3 heterocycles. The highest BCUT2D eigenvalue weighted by Crippen LogP contribution is 2.34. The number of rotatable bonds is 6. The van der Waals surface area contributed by atoms with Crippen LogP contribution < -0.4 is 20.1 Å². The molecule has 0 bridgehead atoms. The number of nitrogens with one attached hydrogen (secondary N) is 2. The Hall–Kier alpha value is -3.18. The SMILES string of the molecule is CC(C)c1noc(CN2CCN(CC(=O)NC(=O)Nc3ccc4c(c3)OCO4)CC2)n1. The lowest BCUT2D eigenvalue weighted by Gasteiger charge is -2.33. The standard InChI is InChI=1S/C20H26N6O5/c1-13(2)19-23-18(31-24-19)11-26-7-5-25(6-8-26)10-17(27)22-20(28)21-14-3-4-15-16(9-14)30-12-29-15/h3-4,9,13H,5-8,10-12H2,1-2H3,(H2,21,22,27,28). The second-order valence-corrected chi connectivity index (χ2v) is 7.82. The molecule has 2 aliphatic rings. The fraction of sp³-hybridized carbons (Fsp3) is 0.500. The number of anilines is 1. The lowest BCUT2D eigenvalue weighted by molar-refractivity contribution is -0.121. The molecule has 1 fully saturated rings. The number of hydrogen-bond donors (Lipinski definition) is 2. The molecule has 11 heteroatoms. The van der Waals surface area contributed by atoms with Crippen molar-refractivity contribution in [3.05, 3.63) is 29.9 Å². The summed E-state index contributed by atoms with van der Waals surface area (Å²) >= 11 is 0. The highest BCUT2D eigenvalue weighted by atomic mass is 16.7. The fourth-order valence-electron chi connectivity index (χ4n) is 3.37. The van der Waals surface area contributed by atoms with Gasteiger partial charge in [0, 0.05) is 43.9 Å². The Morgan fingerprint density at radius 1 is 1.10 bits per heavy atom. The maximum absolute atomic E-state index is 12.2. The van der Waals surface area contributed by atoms with Crippen molar-refractivity contribution in [2.24, 2.45) is 0 Å². The van der Waals surface area contributed by atoms with Gasteiger partial charge in [0.2, 0.25) is 18.6 Å². The summed E-state index contributed by atoms with van der Waals surface area (Å²) in [6.45, 7) is 7.92. The maximum atomic E-state index is 12.2. The molecule has 1 aromatic carbocycles. The van der Waals surface area contributed by atoms with Gasteiger partial charge in [-0.2, -0.15) is 4.98 Å². The number of benzene rings is 1. The maximum Gasteiger partial charge on any atom is 0.325 e. The van der Waals surface area contributed by atoms with Crippen LogP contribution in [-0.4, -0.2) is 71.4 Å². The second-order valence-electron chi connectivity index (χ2n) is 7.82. The molecular formula is C20H26N6O5. The topological polar surface area (TPSA) is 122 Å². The smallest absolute Gasteiger partial charge is 0.325 e. The Morgan fingerprint density at radius 2 is 1.84 bits per heavy atom. The van der Waals surface area contributed by atoms with Crippen molar-refractivity contribution in [3.63, 3.8) is 0 Å². The van der Waals surface area contributed by atoms with Gasteiger partial charge in [0.05, 0.1) is 13.1 Å². The molecule has 4 rings (SSSR count). The van der Waals surface area contributed by atoms with Crippen LogP contribution in [0.1, 0.15) is 31.5 Å². The van der Waals surface area contributed by atoms with E-state index in [-0.39, 0.29) is 25.2 Å². The van der Waals surface area contributed by atoms with Crippen LogP contribution in [0.2, 0.25) is 0 Å². The van der Waals surface area contributed by atoms with Gasteiger partial charge in [0.15, 0.2) is 17.3 Å². The van der Waals surface area contributed by atoms with Crippen molar-refractivity contribution in [1.82, 2.24) is 25.3 Å². The van der Waals surface area contributed by atoms with Gasteiger partial charge in [-0.3, -0.25) is 19.9 Å². The number of hydrogen-bond acceptors (Lipinski definition) is 9. The quantitative estimate of drug-likeness (QED) is 0.700. The number of amides is 3. The molecule has 31 heavy (non-hydrogen) atoms. The van der Waals surface area contributed by atoms with Gasteiger partial charge in [-0.05, 0) is 12.1 Å². The van der Waals surface area contributed by atoms with E-state index in [4.69, 9.17) is 14.0 Å². The first-order valence-corrected chi connectivity index (χ1v) is 10.2. The van der Waals surface area contributed by atoms with Crippen LogP contribution in [0.3, 0.4) is 0 Å². The number of piperazine rings is 1. The van der Waals surface area contributed by atoms with E-state index in [1.54, 1.807) is 18.2 Å². The molecule has 0 radical (unpaired) electrons. The van der Waals surface area contributed by atoms with E-state index < -0.39 is 6.03 Å². The molecule has 1 aromatic heterocycles. The molecule has 0 aliphatic carbocycles. The largest absolute Gasteiger partial charge is 0.454 e. The van der Waals surface area contributed by atoms with Gasteiger partial charge >= 0.3 is 6.03 Å². The number of imide groups is 1. The lowest BCUT2D eigenvalue weighted by Crippen LogP contribution is -2.50. The van der Waals surface area contributed by atoms with Gasteiger partial charge < -0.3 is 19.3 Å². The van der Waals surface area contributed by atoms with Crippen LogP contribution in [0.4, 0.5) is 10.5 Å². The third kappa shape index (κ3) is 5.50. The van der Waals surface area contributed by atoms with Crippen LogP contribution in [0.25, 0.3) is 0 Å². The Labute approximate surface area is 179 Å². The van der Waals surface area contributed by atoms with Crippen molar-refractivity contribution >= 4 is 17.6 Å². The number of ether oxygens (including phenoxy) is 2. The molecule has 166 valence electrons. The highest BCUT2D eigenvalue weighted by molar-refractivity contribution is 6.01. The molecular weight excluding hydrogens is 404 g/mol. The molecule has 1 saturated heterocycles. The summed E-state index contributed by atoms with van der Waals surface area (Å²) in [5.74, 6) is 2.38. The fourth-order valence-corrected chi connectivity index (χ4v) is 3.37. The monoisotopic (exact) mass is 430 g/mol. The predicted molar refractivity (Wildman–Crippen MR) is 110 cm³/mol. The van der Waals surface area contributed by atoms with Gasteiger partial charge in [-0.25, -0.2) is 4.79 Å². The van der Waals surface area contributed by atoms with Crippen LogP contribution >= 0.6 is 0 Å². The Kier molecular flexibility index (Phi) is 6.33. The number of nitrogens with zero attached hydrogens (tertiary/aromatic N) is 4.